The number of phenols is 1. The Morgan fingerprint density at radius 1 is 0.531 bits per heavy atom. The van der Waals surface area contributed by atoms with E-state index in [1.54, 1.807) is 36.0 Å². The van der Waals surface area contributed by atoms with E-state index in [2.05, 4.69) is 57.2 Å². The van der Waals surface area contributed by atoms with E-state index in [1.165, 1.54) is 15.4 Å². The van der Waals surface area contributed by atoms with Gasteiger partial charge in [0, 0.05) is 9.79 Å². The maximum atomic E-state index is 9.35. The van der Waals surface area contributed by atoms with Crippen LogP contribution >= 0.6 is 11.8 Å². The molecule has 0 amide bonds. The summed E-state index contributed by atoms with van der Waals surface area (Å²) >= 11 is 1.74. The third kappa shape index (κ3) is 5.86. The molecule has 0 aliphatic heterocycles. The molecule has 4 heteroatoms. The zero-order valence-electron chi connectivity index (χ0n) is 18.4. The summed E-state index contributed by atoms with van der Waals surface area (Å²) in [6.45, 7) is 6.68. The van der Waals surface area contributed by atoms with E-state index in [0.717, 1.165) is 11.5 Å². The highest BCUT2D eigenvalue weighted by Gasteiger charge is 2.13. The topological polar surface area (TPSA) is 38.7 Å². The number of benzene rings is 4. The van der Waals surface area contributed by atoms with E-state index >= 15 is 0 Å². The monoisotopic (exact) mass is 442 g/mol. The van der Waals surface area contributed by atoms with Crippen molar-refractivity contribution in [2.24, 2.45) is 0 Å². The first kappa shape index (κ1) is 21.8. The number of ether oxygens (including phenoxy) is 2. The molecule has 32 heavy (non-hydrogen) atoms. The maximum Gasteiger partial charge on any atom is 0.127 e. The van der Waals surface area contributed by atoms with Gasteiger partial charge in [0.2, 0.25) is 0 Å². The quantitative estimate of drug-likeness (QED) is 0.325. The molecule has 0 saturated carbocycles. The summed E-state index contributed by atoms with van der Waals surface area (Å²) < 4.78 is 11.7. The van der Waals surface area contributed by atoms with Gasteiger partial charge in [0.25, 0.3) is 0 Å². The minimum absolute atomic E-state index is 0.165. The fraction of sp³-hybridized carbons (Fsp3) is 0.143. The Labute approximate surface area is 193 Å². The van der Waals surface area contributed by atoms with Gasteiger partial charge in [0.15, 0.2) is 0 Å². The van der Waals surface area contributed by atoms with Crippen molar-refractivity contribution in [1.29, 1.82) is 0 Å². The van der Waals surface area contributed by atoms with Gasteiger partial charge in [0.1, 0.15) is 28.7 Å². The Kier molecular flexibility index (Phi) is 6.42. The first-order valence-corrected chi connectivity index (χ1v) is 11.3. The van der Waals surface area contributed by atoms with Crippen LogP contribution in [0.2, 0.25) is 0 Å². The Morgan fingerprint density at radius 3 is 1.28 bits per heavy atom. The van der Waals surface area contributed by atoms with E-state index < -0.39 is 0 Å². The molecule has 0 heterocycles. The SMILES string of the molecule is CC(C)(C)c1ccc(Sc2ccc(Oc3ccc(Oc4ccc(O)cc4)cc3)cc2)cc1. The molecule has 162 valence electrons. The summed E-state index contributed by atoms with van der Waals surface area (Å²) in [6.07, 6.45) is 0. The van der Waals surface area contributed by atoms with Crippen LogP contribution in [0.15, 0.2) is 107 Å². The molecule has 3 nitrogen and oxygen atoms in total. The predicted octanol–water partition coefficient (Wildman–Crippen LogP) is 8.43. The standard InChI is InChI=1S/C28H26O3S/c1-28(2,3)20-4-16-26(17-5-20)32-27-18-14-25(15-19-27)31-24-12-10-23(11-13-24)30-22-8-6-21(29)7-9-22/h4-19,29H,1-3H3. The predicted molar refractivity (Wildman–Crippen MR) is 130 cm³/mol. The van der Waals surface area contributed by atoms with E-state index in [1.807, 2.05) is 36.4 Å². The van der Waals surface area contributed by atoms with Gasteiger partial charge in [-0.05, 0) is 95.9 Å². The highest BCUT2D eigenvalue weighted by Crippen LogP contribution is 2.33. The minimum atomic E-state index is 0.165. The lowest BCUT2D eigenvalue weighted by Crippen LogP contribution is -2.10. The lowest BCUT2D eigenvalue weighted by atomic mass is 9.87. The van der Waals surface area contributed by atoms with Gasteiger partial charge in [-0.2, -0.15) is 0 Å². The number of aromatic hydroxyl groups is 1. The molecule has 4 aromatic rings. The van der Waals surface area contributed by atoms with Gasteiger partial charge < -0.3 is 14.6 Å². The van der Waals surface area contributed by atoms with Crippen molar-refractivity contribution >= 4 is 11.8 Å². The van der Waals surface area contributed by atoms with E-state index in [9.17, 15) is 5.11 Å². The van der Waals surface area contributed by atoms with Crippen molar-refractivity contribution in [2.75, 3.05) is 0 Å². The zero-order valence-corrected chi connectivity index (χ0v) is 19.2. The highest BCUT2D eigenvalue weighted by atomic mass is 32.2. The van der Waals surface area contributed by atoms with Crippen molar-refractivity contribution in [2.45, 2.75) is 36.0 Å². The fourth-order valence-electron chi connectivity index (χ4n) is 3.10. The fourth-order valence-corrected chi connectivity index (χ4v) is 3.91. The molecule has 1 N–H and O–H groups in total. The summed E-state index contributed by atoms with van der Waals surface area (Å²) in [6, 6.07) is 30.9. The van der Waals surface area contributed by atoms with Crippen LogP contribution in [0.1, 0.15) is 26.3 Å². The molecule has 0 aliphatic carbocycles. The zero-order chi connectivity index (χ0) is 22.6. The molecule has 0 bridgehead atoms. The number of hydrogen-bond donors (Lipinski definition) is 1. The maximum absolute atomic E-state index is 9.35. The number of hydrogen-bond acceptors (Lipinski definition) is 4. The van der Waals surface area contributed by atoms with E-state index in [4.69, 9.17) is 9.47 Å². The van der Waals surface area contributed by atoms with Crippen LogP contribution in [-0.2, 0) is 5.41 Å². The minimum Gasteiger partial charge on any atom is -0.508 e. The molecule has 0 atom stereocenters. The second-order valence-electron chi connectivity index (χ2n) is 8.52. The molecular formula is C28H26O3S. The summed E-state index contributed by atoms with van der Waals surface area (Å²) in [5.74, 6) is 3.10. The molecular weight excluding hydrogens is 416 g/mol. The van der Waals surface area contributed by atoms with Crippen LogP contribution in [0.25, 0.3) is 0 Å². The van der Waals surface area contributed by atoms with Crippen LogP contribution in [0.3, 0.4) is 0 Å². The van der Waals surface area contributed by atoms with Crippen LogP contribution in [0.4, 0.5) is 0 Å². The van der Waals surface area contributed by atoms with Gasteiger partial charge in [-0.15, -0.1) is 0 Å². The second kappa shape index (κ2) is 9.41. The third-order valence-electron chi connectivity index (χ3n) is 4.91. The van der Waals surface area contributed by atoms with Crippen molar-refractivity contribution in [3.8, 4) is 28.7 Å². The van der Waals surface area contributed by atoms with Crippen molar-refractivity contribution in [1.82, 2.24) is 0 Å². The molecule has 0 radical (unpaired) electrons. The molecule has 0 aromatic heterocycles. The number of rotatable bonds is 6. The van der Waals surface area contributed by atoms with Crippen molar-refractivity contribution < 1.29 is 14.6 Å². The van der Waals surface area contributed by atoms with Gasteiger partial charge in [-0.1, -0.05) is 44.7 Å². The lowest BCUT2D eigenvalue weighted by Gasteiger charge is -2.19. The van der Waals surface area contributed by atoms with Gasteiger partial charge >= 0.3 is 0 Å². The van der Waals surface area contributed by atoms with Gasteiger partial charge in [-0.25, -0.2) is 0 Å². The largest absolute Gasteiger partial charge is 0.508 e. The summed E-state index contributed by atoms with van der Waals surface area (Å²) in [5, 5.41) is 9.35. The summed E-state index contributed by atoms with van der Waals surface area (Å²) in [7, 11) is 0. The molecule has 0 spiro atoms. The van der Waals surface area contributed by atoms with E-state index in [-0.39, 0.29) is 11.2 Å². The third-order valence-corrected chi connectivity index (χ3v) is 5.93. The average molecular weight is 443 g/mol. The van der Waals surface area contributed by atoms with Crippen LogP contribution in [0.5, 0.6) is 28.7 Å². The summed E-state index contributed by atoms with van der Waals surface area (Å²) in [4.78, 5) is 2.38. The molecule has 0 saturated heterocycles. The average Bonchev–Trinajstić information content (AvgIpc) is 2.78. The summed E-state index contributed by atoms with van der Waals surface area (Å²) in [5.41, 5.74) is 1.50. The van der Waals surface area contributed by atoms with Crippen LogP contribution in [0, 0.1) is 0 Å². The van der Waals surface area contributed by atoms with Gasteiger partial charge in [-0.3, -0.25) is 0 Å². The smallest absolute Gasteiger partial charge is 0.127 e. The normalized spacial score (nSPS) is 11.2. The van der Waals surface area contributed by atoms with E-state index in [0.29, 0.717) is 11.5 Å². The first-order valence-electron chi connectivity index (χ1n) is 10.5. The van der Waals surface area contributed by atoms with Crippen molar-refractivity contribution in [3.05, 3.63) is 103 Å². The lowest BCUT2D eigenvalue weighted by molar-refractivity contribution is 0.461. The number of phenolic OH excluding ortho intramolecular Hbond substituents is 1. The molecule has 0 fully saturated rings. The molecule has 0 unspecified atom stereocenters. The Hall–Kier alpha value is -3.37. The Balaban J connectivity index is 1.34. The van der Waals surface area contributed by atoms with Crippen LogP contribution in [-0.4, -0.2) is 5.11 Å². The first-order chi connectivity index (χ1) is 15.3. The highest BCUT2D eigenvalue weighted by molar-refractivity contribution is 7.99. The molecule has 4 aromatic carbocycles. The molecule has 0 aliphatic rings. The van der Waals surface area contributed by atoms with Crippen LogP contribution < -0.4 is 9.47 Å². The second-order valence-corrected chi connectivity index (χ2v) is 9.66. The van der Waals surface area contributed by atoms with Crippen molar-refractivity contribution in [3.63, 3.8) is 0 Å². The molecule has 4 rings (SSSR count). The Morgan fingerprint density at radius 2 is 0.875 bits per heavy atom. The van der Waals surface area contributed by atoms with Gasteiger partial charge in [0.05, 0.1) is 0 Å². The Bertz CT molecular complexity index is 1140.